The van der Waals surface area contributed by atoms with Crippen LogP contribution < -0.4 is 24.8 Å². The molecule has 2 aromatic carbocycles. The molecule has 0 fully saturated rings. The van der Waals surface area contributed by atoms with E-state index in [4.69, 9.17) is 14.5 Å². The molecule has 5 rings (SSSR count). The fourth-order valence-electron chi connectivity index (χ4n) is 4.62. The highest BCUT2D eigenvalue weighted by Gasteiger charge is 2.24. The van der Waals surface area contributed by atoms with Crippen LogP contribution in [0.25, 0.3) is 10.9 Å². The van der Waals surface area contributed by atoms with Gasteiger partial charge in [0.1, 0.15) is 5.84 Å². The van der Waals surface area contributed by atoms with E-state index in [0.717, 1.165) is 38.2 Å². The molecule has 0 saturated heterocycles. The predicted molar refractivity (Wildman–Crippen MR) is 127 cm³/mol. The van der Waals surface area contributed by atoms with Gasteiger partial charge in [0.05, 0.1) is 25.1 Å². The van der Waals surface area contributed by atoms with Crippen LogP contribution in [0.3, 0.4) is 0 Å². The number of aromatic amines is 1. The van der Waals surface area contributed by atoms with E-state index in [1.54, 1.807) is 26.4 Å². The number of benzene rings is 2. The van der Waals surface area contributed by atoms with Crippen LogP contribution in [0.1, 0.15) is 24.0 Å². The zero-order valence-electron chi connectivity index (χ0n) is 18.6. The van der Waals surface area contributed by atoms with E-state index in [1.807, 2.05) is 0 Å². The summed E-state index contributed by atoms with van der Waals surface area (Å²) >= 11 is 0. The molecule has 32 heavy (non-hydrogen) atoms. The first-order valence-corrected chi connectivity index (χ1v) is 10.9. The van der Waals surface area contributed by atoms with Crippen molar-refractivity contribution in [1.82, 2.24) is 9.97 Å². The number of ether oxygens (including phenoxy) is 2. The first-order valence-electron chi connectivity index (χ1n) is 10.9. The van der Waals surface area contributed by atoms with E-state index in [9.17, 15) is 4.79 Å². The van der Waals surface area contributed by atoms with Crippen molar-refractivity contribution in [2.24, 2.45) is 4.99 Å². The van der Waals surface area contributed by atoms with Gasteiger partial charge in [-0.15, -0.1) is 0 Å². The Hall–Kier alpha value is -3.55. The normalized spacial score (nSPS) is 15.5. The second-order valence-electron chi connectivity index (χ2n) is 8.16. The first-order chi connectivity index (χ1) is 15.6. The number of hydrogen-bond acceptors (Lipinski definition) is 7. The Labute approximate surface area is 186 Å². The SMILES string of the molecule is COc1cc2nc(N3CCc4c(cccc4N(C)C4=NCCC4)C3)[nH]c(=O)c2cc1OC. The number of H-pyrrole nitrogens is 1. The van der Waals surface area contributed by atoms with Crippen LogP contribution in [0.15, 0.2) is 40.1 Å². The molecule has 166 valence electrons. The summed E-state index contributed by atoms with van der Waals surface area (Å²) in [6, 6.07) is 9.84. The number of amidine groups is 1. The molecule has 1 N–H and O–H groups in total. The Morgan fingerprint density at radius 1 is 1.12 bits per heavy atom. The number of anilines is 2. The number of nitrogens with zero attached hydrogens (tertiary/aromatic N) is 4. The summed E-state index contributed by atoms with van der Waals surface area (Å²) in [5.74, 6) is 2.79. The quantitative estimate of drug-likeness (QED) is 0.681. The van der Waals surface area contributed by atoms with Crippen molar-refractivity contribution in [2.75, 3.05) is 44.2 Å². The van der Waals surface area contributed by atoms with Crippen molar-refractivity contribution in [2.45, 2.75) is 25.8 Å². The molecule has 0 saturated carbocycles. The van der Waals surface area contributed by atoms with Crippen LogP contribution >= 0.6 is 0 Å². The maximum Gasteiger partial charge on any atom is 0.260 e. The Kier molecular flexibility index (Phi) is 5.20. The van der Waals surface area contributed by atoms with E-state index < -0.39 is 0 Å². The molecular formula is C24H27N5O3. The van der Waals surface area contributed by atoms with Gasteiger partial charge in [-0.3, -0.25) is 14.8 Å². The van der Waals surface area contributed by atoms with Gasteiger partial charge in [0.15, 0.2) is 11.5 Å². The van der Waals surface area contributed by atoms with E-state index in [0.29, 0.717) is 34.9 Å². The first kappa shape index (κ1) is 20.4. The molecule has 0 unspecified atom stereocenters. The number of rotatable bonds is 4. The van der Waals surface area contributed by atoms with E-state index in [-0.39, 0.29) is 5.56 Å². The maximum absolute atomic E-state index is 12.8. The van der Waals surface area contributed by atoms with Crippen molar-refractivity contribution < 1.29 is 9.47 Å². The maximum atomic E-state index is 12.8. The van der Waals surface area contributed by atoms with Gasteiger partial charge >= 0.3 is 0 Å². The molecule has 0 amide bonds. The lowest BCUT2D eigenvalue weighted by Gasteiger charge is -2.32. The van der Waals surface area contributed by atoms with Gasteiger partial charge in [-0.25, -0.2) is 4.98 Å². The third kappa shape index (κ3) is 3.45. The number of aliphatic imine (C=N–C) groups is 1. The zero-order valence-corrected chi connectivity index (χ0v) is 18.6. The van der Waals surface area contributed by atoms with Crippen molar-refractivity contribution in [3.8, 4) is 11.5 Å². The monoisotopic (exact) mass is 433 g/mol. The lowest BCUT2D eigenvalue weighted by Crippen LogP contribution is -2.35. The van der Waals surface area contributed by atoms with E-state index in [1.165, 1.54) is 16.8 Å². The highest BCUT2D eigenvalue weighted by molar-refractivity contribution is 5.99. The fraction of sp³-hybridized carbons (Fsp3) is 0.375. The molecule has 3 aromatic rings. The van der Waals surface area contributed by atoms with Crippen molar-refractivity contribution >= 4 is 28.4 Å². The molecule has 0 radical (unpaired) electrons. The van der Waals surface area contributed by atoms with Crippen LogP contribution in [0, 0.1) is 0 Å². The minimum Gasteiger partial charge on any atom is -0.493 e. The summed E-state index contributed by atoms with van der Waals surface area (Å²) < 4.78 is 10.7. The molecule has 8 nitrogen and oxygen atoms in total. The molecular weight excluding hydrogens is 406 g/mol. The predicted octanol–water partition coefficient (Wildman–Crippen LogP) is 3.13. The van der Waals surface area contributed by atoms with Crippen LogP contribution in [0.2, 0.25) is 0 Å². The number of fused-ring (bicyclic) bond motifs is 2. The van der Waals surface area contributed by atoms with Crippen molar-refractivity contribution in [3.63, 3.8) is 0 Å². The minimum atomic E-state index is -0.190. The molecule has 0 bridgehead atoms. The van der Waals surface area contributed by atoms with Crippen LogP contribution in [0.5, 0.6) is 11.5 Å². The summed E-state index contributed by atoms with van der Waals surface area (Å²) in [7, 11) is 5.23. The van der Waals surface area contributed by atoms with E-state index >= 15 is 0 Å². The Bertz CT molecular complexity index is 1270. The highest BCUT2D eigenvalue weighted by atomic mass is 16.5. The van der Waals surface area contributed by atoms with Crippen molar-refractivity contribution in [1.29, 1.82) is 0 Å². The second-order valence-corrected chi connectivity index (χ2v) is 8.16. The summed E-state index contributed by atoms with van der Waals surface area (Å²) in [6.45, 7) is 2.37. The lowest BCUT2D eigenvalue weighted by molar-refractivity contribution is 0.355. The topological polar surface area (TPSA) is 83.0 Å². The fourth-order valence-corrected chi connectivity index (χ4v) is 4.62. The average Bonchev–Trinajstić information content (AvgIpc) is 3.37. The molecule has 8 heteroatoms. The number of aromatic nitrogens is 2. The third-order valence-electron chi connectivity index (χ3n) is 6.34. The number of methoxy groups -OCH3 is 2. The molecule has 2 aliphatic rings. The summed E-state index contributed by atoms with van der Waals surface area (Å²) in [5, 5.41) is 0.477. The molecule has 3 heterocycles. The number of nitrogens with one attached hydrogen (secondary N) is 1. The van der Waals surface area contributed by atoms with Gasteiger partial charge in [0.2, 0.25) is 5.95 Å². The molecule has 0 aliphatic carbocycles. The minimum absolute atomic E-state index is 0.190. The van der Waals surface area contributed by atoms with Crippen molar-refractivity contribution in [3.05, 3.63) is 51.8 Å². The summed E-state index contributed by atoms with van der Waals surface area (Å²) in [5.41, 5.74) is 4.20. The number of hydrogen-bond donors (Lipinski definition) is 1. The van der Waals surface area contributed by atoms with Gasteiger partial charge in [0, 0.05) is 44.9 Å². The zero-order chi connectivity index (χ0) is 22.2. The van der Waals surface area contributed by atoms with Gasteiger partial charge < -0.3 is 19.3 Å². The Balaban J connectivity index is 1.48. The van der Waals surface area contributed by atoms with Gasteiger partial charge in [0.25, 0.3) is 5.56 Å². The van der Waals surface area contributed by atoms with Crippen LogP contribution in [-0.2, 0) is 13.0 Å². The lowest BCUT2D eigenvalue weighted by atomic mass is 9.97. The Morgan fingerprint density at radius 2 is 1.94 bits per heavy atom. The van der Waals surface area contributed by atoms with Crippen LogP contribution in [-0.4, -0.2) is 50.2 Å². The second kappa shape index (κ2) is 8.18. The van der Waals surface area contributed by atoms with Gasteiger partial charge in [-0.1, -0.05) is 12.1 Å². The van der Waals surface area contributed by atoms with Gasteiger partial charge in [-0.2, -0.15) is 0 Å². The molecule has 1 aromatic heterocycles. The smallest absolute Gasteiger partial charge is 0.260 e. The summed E-state index contributed by atoms with van der Waals surface area (Å²) in [4.78, 5) is 29.5. The molecule has 0 spiro atoms. The molecule has 0 atom stereocenters. The third-order valence-corrected chi connectivity index (χ3v) is 6.34. The average molecular weight is 434 g/mol. The van der Waals surface area contributed by atoms with E-state index in [2.05, 4.69) is 45.0 Å². The van der Waals surface area contributed by atoms with Crippen LogP contribution in [0.4, 0.5) is 11.6 Å². The summed E-state index contributed by atoms with van der Waals surface area (Å²) in [6.07, 6.45) is 3.03. The highest BCUT2D eigenvalue weighted by Crippen LogP contribution is 2.33. The standard InChI is InChI=1S/C24H27N5O3/c1-28(22-8-5-10-25-22)19-7-4-6-15-14-29(11-9-16(15)19)24-26-18-13-21(32-3)20(31-2)12-17(18)23(30)27-24/h4,6-7,12-13H,5,8-11,14H2,1-3H3,(H,26,27,30). The molecule has 2 aliphatic heterocycles. The van der Waals surface area contributed by atoms with Gasteiger partial charge in [-0.05, 0) is 36.1 Å². The Morgan fingerprint density at radius 3 is 2.69 bits per heavy atom. The largest absolute Gasteiger partial charge is 0.493 e.